The molecule has 1 aromatic carbocycles. The molecule has 1 rings (SSSR count). The van der Waals surface area contributed by atoms with E-state index in [2.05, 4.69) is 6.07 Å². The largest absolute Gasteiger partial charge is 0.459 e. The van der Waals surface area contributed by atoms with Gasteiger partial charge in [0, 0.05) is 11.4 Å². The summed E-state index contributed by atoms with van der Waals surface area (Å²) in [6, 6.07) is 6.05. The predicted octanol–water partition coefficient (Wildman–Crippen LogP) is 2.89. The Morgan fingerprint density at radius 3 is 2.56 bits per heavy atom. The van der Waals surface area contributed by atoms with Crippen LogP contribution in [0.1, 0.15) is 31.9 Å². The summed E-state index contributed by atoms with van der Waals surface area (Å²) in [5.41, 5.74) is 7.49. The third-order valence-electron chi connectivity index (χ3n) is 2.31. The summed E-state index contributed by atoms with van der Waals surface area (Å²) in [4.78, 5) is 12.6. The van der Waals surface area contributed by atoms with Crippen LogP contribution < -0.4 is 5.73 Å². The van der Waals surface area contributed by atoms with E-state index in [4.69, 9.17) is 10.5 Å². The van der Waals surface area contributed by atoms with Gasteiger partial charge in [-0.25, -0.2) is 0 Å². The van der Waals surface area contributed by atoms with Gasteiger partial charge in [-0.15, -0.1) is 11.8 Å². The maximum absolute atomic E-state index is 11.6. The van der Waals surface area contributed by atoms with Crippen molar-refractivity contribution in [3.8, 4) is 0 Å². The molecule has 0 heterocycles. The van der Waals surface area contributed by atoms with Crippen LogP contribution in [0, 0.1) is 6.92 Å². The average Bonchev–Trinajstić information content (AvgIpc) is 2.24. The summed E-state index contributed by atoms with van der Waals surface area (Å²) < 4.78 is 5.25. The molecule has 0 aromatic heterocycles. The van der Waals surface area contributed by atoms with E-state index in [0.29, 0.717) is 12.3 Å². The van der Waals surface area contributed by atoms with Crippen LogP contribution in [0.15, 0.2) is 23.1 Å². The second-order valence-corrected chi connectivity index (χ2v) is 6.22. The average molecular weight is 267 g/mol. The van der Waals surface area contributed by atoms with E-state index < -0.39 is 5.60 Å². The molecule has 2 N–H and O–H groups in total. The molecule has 0 amide bonds. The molecule has 3 nitrogen and oxygen atoms in total. The van der Waals surface area contributed by atoms with Gasteiger partial charge < -0.3 is 10.5 Å². The highest BCUT2D eigenvalue weighted by atomic mass is 32.2. The summed E-state index contributed by atoms with van der Waals surface area (Å²) in [6.07, 6.45) is 0. The highest BCUT2D eigenvalue weighted by Gasteiger charge is 2.16. The minimum absolute atomic E-state index is 0.187. The van der Waals surface area contributed by atoms with E-state index in [9.17, 15) is 4.79 Å². The number of nitrogens with two attached hydrogens (primary N) is 1. The fourth-order valence-electron chi connectivity index (χ4n) is 1.50. The number of hydrogen-bond donors (Lipinski definition) is 1. The fraction of sp³-hybridized carbons (Fsp3) is 0.500. The van der Waals surface area contributed by atoms with Crippen molar-refractivity contribution in [1.29, 1.82) is 0 Å². The lowest BCUT2D eigenvalue weighted by atomic mass is 10.1. The van der Waals surface area contributed by atoms with Gasteiger partial charge in [0.15, 0.2) is 0 Å². The second kappa shape index (κ2) is 6.25. The molecule has 0 radical (unpaired) electrons. The van der Waals surface area contributed by atoms with Gasteiger partial charge in [-0.3, -0.25) is 4.79 Å². The maximum atomic E-state index is 11.6. The van der Waals surface area contributed by atoms with Crippen LogP contribution >= 0.6 is 11.8 Å². The van der Waals surface area contributed by atoms with Crippen LogP contribution in [-0.2, 0) is 16.1 Å². The standard InChI is InChI=1S/C14H21NO2S/c1-10-7-12(6-5-11(10)8-15)18-9-13(16)17-14(2,3)4/h5-7H,8-9,15H2,1-4H3. The van der Waals surface area contributed by atoms with Crippen molar-refractivity contribution in [2.75, 3.05) is 5.75 Å². The Labute approximate surface area is 113 Å². The van der Waals surface area contributed by atoms with Crippen molar-refractivity contribution in [1.82, 2.24) is 0 Å². The van der Waals surface area contributed by atoms with Crippen molar-refractivity contribution in [3.63, 3.8) is 0 Å². The minimum atomic E-state index is -0.420. The Hall–Kier alpha value is -1.00. The predicted molar refractivity (Wildman–Crippen MR) is 75.6 cm³/mol. The molecule has 0 unspecified atom stereocenters. The van der Waals surface area contributed by atoms with Crippen molar-refractivity contribution >= 4 is 17.7 Å². The summed E-state index contributed by atoms with van der Waals surface area (Å²) in [7, 11) is 0. The number of aryl methyl sites for hydroxylation is 1. The molecule has 18 heavy (non-hydrogen) atoms. The molecule has 0 saturated heterocycles. The van der Waals surface area contributed by atoms with Gasteiger partial charge in [-0.2, -0.15) is 0 Å². The maximum Gasteiger partial charge on any atom is 0.316 e. The Morgan fingerprint density at radius 1 is 1.39 bits per heavy atom. The van der Waals surface area contributed by atoms with Gasteiger partial charge in [0.1, 0.15) is 5.60 Å². The molecule has 0 aliphatic rings. The Bertz CT molecular complexity index is 424. The summed E-state index contributed by atoms with van der Waals surface area (Å²) in [6.45, 7) is 8.18. The molecule has 0 spiro atoms. The number of thioether (sulfide) groups is 1. The van der Waals surface area contributed by atoms with Crippen molar-refractivity contribution < 1.29 is 9.53 Å². The number of hydrogen-bond acceptors (Lipinski definition) is 4. The number of carbonyl (C=O) groups excluding carboxylic acids is 1. The Morgan fingerprint density at radius 2 is 2.06 bits per heavy atom. The fourth-order valence-corrected chi connectivity index (χ4v) is 2.27. The van der Waals surface area contributed by atoms with Crippen LogP contribution in [0.4, 0.5) is 0 Å². The van der Waals surface area contributed by atoms with Crippen LogP contribution in [0.25, 0.3) is 0 Å². The third kappa shape index (κ3) is 5.10. The first kappa shape index (κ1) is 15.1. The lowest BCUT2D eigenvalue weighted by Crippen LogP contribution is -2.24. The first-order valence-electron chi connectivity index (χ1n) is 5.96. The molecule has 0 atom stereocenters. The molecule has 1 aromatic rings. The lowest BCUT2D eigenvalue weighted by Gasteiger charge is -2.19. The number of esters is 1. The van der Waals surface area contributed by atoms with E-state index in [-0.39, 0.29) is 5.97 Å². The number of ether oxygens (including phenoxy) is 1. The molecule has 0 fully saturated rings. The Kier molecular flexibility index (Phi) is 5.23. The number of rotatable bonds is 4. The smallest absolute Gasteiger partial charge is 0.316 e. The molecular formula is C14H21NO2S. The highest BCUT2D eigenvalue weighted by molar-refractivity contribution is 8.00. The van der Waals surface area contributed by atoms with Crippen LogP contribution in [-0.4, -0.2) is 17.3 Å². The molecule has 0 aliphatic carbocycles. The topological polar surface area (TPSA) is 52.3 Å². The lowest BCUT2D eigenvalue weighted by molar-refractivity contribution is -0.151. The van der Waals surface area contributed by atoms with Crippen LogP contribution in [0.5, 0.6) is 0 Å². The molecule has 100 valence electrons. The van der Waals surface area contributed by atoms with E-state index in [1.807, 2.05) is 39.8 Å². The van der Waals surface area contributed by atoms with Crippen LogP contribution in [0.2, 0.25) is 0 Å². The van der Waals surface area contributed by atoms with Crippen molar-refractivity contribution in [3.05, 3.63) is 29.3 Å². The zero-order chi connectivity index (χ0) is 13.8. The summed E-state index contributed by atoms with van der Waals surface area (Å²) in [5, 5.41) is 0. The molecule has 4 heteroatoms. The van der Waals surface area contributed by atoms with Crippen molar-refractivity contribution in [2.45, 2.75) is 44.7 Å². The van der Waals surface area contributed by atoms with Gasteiger partial charge in [0.25, 0.3) is 0 Å². The van der Waals surface area contributed by atoms with Gasteiger partial charge in [0.2, 0.25) is 0 Å². The van der Waals surface area contributed by atoms with Gasteiger partial charge >= 0.3 is 5.97 Å². The summed E-state index contributed by atoms with van der Waals surface area (Å²) >= 11 is 1.49. The van der Waals surface area contributed by atoms with E-state index in [1.54, 1.807) is 0 Å². The number of carbonyl (C=O) groups is 1. The van der Waals surface area contributed by atoms with Crippen LogP contribution in [0.3, 0.4) is 0 Å². The van der Waals surface area contributed by atoms with E-state index in [1.165, 1.54) is 11.8 Å². The quantitative estimate of drug-likeness (QED) is 0.673. The molecule has 0 saturated carbocycles. The zero-order valence-corrected chi connectivity index (χ0v) is 12.3. The van der Waals surface area contributed by atoms with Gasteiger partial charge in [-0.05, 0) is 51.0 Å². The molecular weight excluding hydrogens is 246 g/mol. The van der Waals surface area contributed by atoms with Gasteiger partial charge in [-0.1, -0.05) is 6.07 Å². The first-order chi connectivity index (χ1) is 8.31. The highest BCUT2D eigenvalue weighted by Crippen LogP contribution is 2.22. The normalized spacial score (nSPS) is 11.4. The van der Waals surface area contributed by atoms with E-state index in [0.717, 1.165) is 16.0 Å². The summed E-state index contributed by atoms with van der Waals surface area (Å²) in [5.74, 6) is 0.145. The minimum Gasteiger partial charge on any atom is -0.459 e. The van der Waals surface area contributed by atoms with Crippen molar-refractivity contribution in [2.24, 2.45) is 5.73 Å². The SMILES string of the molecule is Cc1cc(SCC(=O)OC(C)(C)C)ccc1CN. The molecule has 0 aliphatic heterocycles. The monoisotopic (exact) mass is 267 g/mol. The Balaban J connectivity index is 2.54. The van der Waals surface area contributed by atoms with E-state index >= 15 is 0 Å². The zero-order valence-electron chi connectivity index (χ0n) is 11.4. The second-order valence-electron chi connectivity index (χ2n) is 5.17. The van der Waals surface area contributed by atoms with Gasteiger partial charge in [0.05, 0.1) is 5.75 Å². The third-order valence-corrected chi connectivity index (χ3v) is 3.28. The number of benzene rings is 1. The molecule has 0 bridgehead atoms. The first-order valence-corrected chi connectivity index (χ1v) is 6.94.